The highest BCUT2D eigenvalue weighted by atomic mass is 32.2. The molecule has 53 heavy (non-hydrogen) atoms. The van der Waals surface area contributed by atoms with E-state index in [2.05, 4.69) is 42.8 Å². The minimum absolute atomic E-state index is 0.0772. The summed E-state index contributed by atoms with van der Waals surface area (Å²) >= 11 is 0.976. The molecule has 1 N–H and O–H groups in total. The van der Waals surface area contributed by atoms with Crippen LogP contribution in [-0.2, 0) is 46.0 Å². The molecule has 0 saturated carbocycles. The van der Waals surface area contributed by atoms with Crippen molar-refractivity contribution in [1.29, 1.82) is 0 Å². The molecule has 0 aliphatic rings. The number of ether oxygens (including phenoxy) is 6. The molecule has 1 aromatic carbocycles. The number of carbonyl (C=O) groups is 1. The number of unbranched alkanes of at least 4 members (excludes halogenated alkanes) is 1. The number of rotatable bonds is 30. The van der Waals surface area contributed by atoms with Crippen LogP contribution in [0.4, 0.5) is 16.4 Å². The SMILES string of the molecule is CCCC[N+](CC)(CC)CCOCCOCCOCCOCCN(CC)c1ccc(N=Nc2sc(C(=O)OCC)c(CS(=O)(=O)O)c2CC)c(OC)c1. The Morgan fingerprint density at radius 1 is 0.849 bits per heavy atom. The molecule has 0 bridgehead atoms. The fourth-order valence-electron chi connectivity index (χ4n) is 5.80. The average molecular weight is 788 g/mol. The Morgan fingerprint density at radius 2 is 1.47 bits per heavy atom. The van der Waals surface area contributed by atoms with E-state index in [0.29, 0.717) is 81.2 Å². The number of azo groups is 1. The Hall–Kier alpha value is -2.70. The fourth-order valence-corrected chi connectivity index (χ4v) is 7.70. The number of carbonyl (C=O) groups excluding carboxylic acids is 1. The van der Waals surface area contributed by atoms with Crippen molar-refractivity contribution >= 4 is 43.8 Å². The van der Waals surface area contributed by atoms with Crippen molar-refractivity contribution in [3.8, 4) is 5.75 Å². The summed E-state index contributed by atoms with van der Waals surface area (Å²) in [6.07, 6.45) is 2.85. The summed E-state index contributed by atoms with van der Waals surface area (Å²) in [5, 5.41) is 9.09. The number of esters is 1. The largest absolute Gasteiger partial charge is 0.494 e. The van der Waals surface area contributed by atoms with Crippen LogP contribution in [0.3, 0.4) is 0 Å². The van der Waals surface area contributed by atoms with Crippen LogP contribution in [0.25, 0.3) is 0 Å². The van der Waals surface area contributed by atoms with Crippen molar-refractivity contribution in [2.24, 2.45) is 10.2 Å². The van der Waals surface area contributed by atoms with Gasteiger partial charge in [-0.05, 0) is 58.2 Å². The van der Waals surface area contributed by atoms with Gasteiger partial charge in [-0.1, -0.05) is 20.3 Å². The molecule has 0 atom stereocenters. The number of hydrogen-bond acceptors (Lipinski definition) is 13. The maximum absolute atomic E-state index is 12.6. The van der Waals surface area contributed by atoms with Crippen LogP contribution in [-0.4, -0.2) is 129 Å². The number of hydrogen-bond donors (Lipinski definition) is 1. The molecular formula is C37H63N4O10S2+. The Morgan fingerprint density at radius 3 is 2.00 bits per heavy atom. The lowest BCUT2D eigenvalue weighted by Gasteiger charge is -2.36. The Labute approximate surface area is 321 Å². The molecule has 16 heteroatoms. The van der Waals surface area contributed by atoms with Gasteiger partial charge in [0.05, 0.1) is 86.2 Å². The zero-order valence-electron chi connectivity index (χ0n) is 32.9. The van der Waals surface area contributed by atoms with E-state index in [0.717, 1.165) is 54.3 Å². The minimum atomic E-state index is -4.41. The zero-order chi connectivity index (χ0) is 39.1. The number of benzene rings is 1. The van der Waals surface area contributed by atoms with Crippen molar-refractivity contribution < 1.29 is 50.7 Å². The maximum Gasteiger partial charge on any atom is 0.348 e. The first-order valence-electron chi connectivity index (χ1n) is 18.8. The monoisotopic (exact) mass is 787 g/mol. The second kappa shape index (κ2) is 25.4. The number of nitrogens with zero attached hydrogens (tertiary/aromatic N) is 4. The van der Waals surface area contributed by atoms with Gasteiger partial charge < -0.3 is 37.8 Å². The van der Waals surface area contributed by atoms with Crippen LogP contribution in [0, 0.1) is 0 Å². The van der Waals surface area contributed by atoms with Crippen LogP contribution < -0.4 is 9.64 Å². The molecule has 0 spiro atoms. The summed E-state index contributed by atoms with van der Waals surface area (Å²) in [6.45, 7) is 22.7. The third-order valence-electron chi connectivity index (χ3n) is 9.05. The summed E-state index contributed by atoms with van der Waals surface area (Å²) in [5.74, 6) is -0.908. The highest BCUT2D eigenvalue weighted by Gasteiger charge is 2.26. The van der Waals surface area contributed by atoms with Crippen molar-refractivity contribution in [3.05, 3.63) is 34.2 Å². The third kappa shape index (κ3) is 16.3. The summed E-state index contributed by atoms with van der Waals surface area (Å²) in [4.78, 5) is 14.8. The van der Waals surface area contributed by atoms with E-state index < -0.39 is 21.8 Å². The standard InChI is InChI=1S/C37H62N4O10S2/c1-8-14-18-41(11-4,12-5)19-21-48-23-25-50-27-26-49-24-22-47-20-17-40(10-3)30-15-16-33(34(28-30)46-7)38-39-36-31(9-2)32(29-53(43,44)45)35(52-36)37(42)51-13-6/h15-16,28H,8-14,17-27,29H2,1-7H3/p+1. The molecule has 0 aliphatic heterocycles. The molecule has 0 radical (unpaired) electrons. The van der Waals surface area contributed by atoms with E-state index in [1.807, 2.05) is 12.1 Å². The number of thiophene rings is 1. The van der Waals surface area contributed by atoms with Crippen LogP contribution in [0.1, 0.15) is 75.2 Å². The zero-order valence-corrected chi connectivity index (χ0v) is 34.5. The van der Waals surface area contributed by atoms with E-state index in [1.54, 1.807) is 27.0 Å². The van der Waals surface area contributed by atoms with Crippen molar-refractivity contribution in [3.63, 3.8) is 0 Å². The topological polar surface area (TPSA) is 155 Å². The first kappa shape index (κ1) is 46.5. The number of likely N-dealkylation sites (N-methyl/N-ethyl adjacent to an activating group) is 2. The first-order chi connectivity index (χ1) is 25.5. The van der Waals surface area contributed by atoms with Crippen LogP contribution in [0.2, 0.25) is 0 Å². The van der Waals surface area contributed by atoms with Gasteiger partial charge in [0, 0.05) is 30.4 Å². The van der Waals surface area contributed by atoms with E-state index in [4.69, 9.17) is 28.4 Å². The van der Waals surface area contributed by atoms with Gasteiger partial charge in [-0.25, -0.2) is 4.79 Å². The average Bonchev–Trinajstić information content (AvgIpc) is 3.49. The lowest BCUT2D eigenvalue weighted by atomic mass is 10.1. The van der Waals surface area contributed by atoms with Gasteiger partial charge in [0.25, 0.3) is 10.1 Å². The molecular weight excluding hydrogens is 725 g/mol. The predicted octanol–water partition coefficient (Wildman–Crippen LogP) is 6.85. The van der Waals surface area contributed by atoms with Gasteiger partial charge in [0.15, 0.2) is 0 Å². The minimum Gasteiger partial charge on any atom is -0.494 e. The van der Waals surface area contributed by atoms with Crippen LogP contribution in [0.15, 0.2) is 28.4 Å². The highest BCUT2D eigenvalue weighted by molar-refractivity contribution is 7.85. The smallest absolute Gasteiger partial charge is 0.348 e. The molecule has 1 heterocycles. The second-order valence-corrected chi connectivity index (χ2v) is 14.8. The Bertz CT molecular complexity index is 1480. The van der Waals surface area contributed by atoms with Gasteiger partial charge in [0.2, 0.25) is 0 Å². The lowest BCUT2D eigenvalue weighted by molar-refractivity contribution is -0.925. The molecule has 0 saturated heterocycles. The molecule has 302 valence electrons. The van der Waals surface area contributed by atoms with Gasteiger partial charge in [-0.15, -0.1) is 21.6 Å². The van der Waals surface area contributed by atoms with E-state index >= 15 is 0 Å². The lowest BCUT2D eigenvalue weighted by Crippen LogP contribution is -2.50. The normalized spacial score (nSPS) is 12.2. The molecule has 2 rings (SSSR count). The third-order valence-corrected chi connectivity index (χ3v) is 10.8. The Balaban J connectivity index is 1.80. The van der Waals surface area contributed by atoms with Crippen molar-refractivity contribution in [2.75, 3.05) is 111 Å². The van der Waals surface area contributed by atoms with Gasteiger partial charge in [-0.2, -0.15) is 8.42 Å². The molecule has 0 unspecified atom stereocenters. The molecule has 0 fully saturated rings. The van der Waals surface area contributed by atoms with Gasteiger partial charge >= 0.3 is 5.97 Å². The Kier molecular flexibility index (Phi) is 22.3. The van der Waals surface area contributed by atoms with Crippen molar-refractivity contribution in [1.82, 2.24) is 0 Å². The molecule has 1 aromatic heterocycles. The van der Waals surface area contributed by atoms with Gasteiger partial charge in [-0.3, -0.25) is 4.55 Å². The quantitative estimate of drug-likeness (QED) is 0.0291. The summed E-state index contributed by atoms with van der Waals surface area (Å²) < 4.78 is 67.8. The maximum atomic E-state index is 12.6. The number of methoxy groups -OCH3 is 1. The van der Waals surface area contributed by atoms with E-state index in [-0.39, 0.29) is 17.0 Å². The summed E-state index contributed by atoms with van der Waals surface area (Å²) in [6, 6.07) is 5.56. The molecule has 0 aliphatic carbocycles. The number of anilines is 1. The van der Waals surface area contributed by atoms with Crippen LogP contribution >= 0.6 is 11.3 Å². The summed E-state index contributed by atoms with van der Waals surface area (Å²) in [7, 11) is -2.87. The van der Waals surface area contributed by atoms with E-state index in [1.165, 1.54) is 19.4 Å². The van der Waals surface area contributed by atoms with Crippen LogP contribution in [0.5, 0.6) is 5.75 Å². The van der Waals surface area contributed by atoms with Gasteiger partial charge in [0.1, 0.15) is 33.6 Å². The number of quaternary nitrogens is 1. The second-order valence-electron chi connectivity index (χ2n) is 12.4. The molecule has 2 aromatic rings. The highest BCUT2D eigenvalue weighted by Crippen LogP contribution is 2.40. The summed E-state index contributed by atoms with van der Waals surface area (Å²) in [5.41, 5.74) is 2.05. The fraction of sp³-hybridized carbons (Fsp3) is 0.703. The molecule has 0 amide bonds. The van der Waals surface area contributed by atoms with E-state index in [9.17, 15) is 17.8 Å². The predicted molar refractivity (Wildman–Crippen MR) is 209 cm³/mol. The molecule has 14 nitrogen and oxygen atoms in total. The van der Waals surface area contributed by atoms with Crippen molar-refractivity contribution in [2.45, 2.75) is 66.6 Å². The first-order valence-corrected chi connectivity index (χ1v) is 21.2.